The minimum absolute atomic E-state index is 0.176. The second-order valence-corrected chi connectivity index (χ2v) is 7.80. The lowest BCUT2D eigenvalue weighted by molar-refractivity contribution is -0.385. The van der Waals surface area contributed by atoms with Crippen LogP contribution in [0.1, 0.15) is 5.56 Å². The van der Waals surface area contributed by atoms with Gasteiger partial charge in [0.15, 0.2) is 0 Å². The molecule has 0 aliphatic rings. The van der Waals surface area contributed by atoms with Gasteiger partial charge in [0.2, 0.25) is 0 Å². The molecule has 8 heteroatoms. The van der Waals surface area contributed by atoms with Crippen LogP contribution in [-0.4, -0.2) is 13.3 Å². The smallest absolute Gasteiger partial charge is 0.273 e. The van der Waals surface area contributed by atoms with Crippen molar-refractivity contribution in [1.82, 2.24) is 0 Å². The van der Waals surface area contributed by atoms with Gasteiger partial charge in [-0.1, -0.05) is 24.3 Å². The van der Waals surface area contributed by atoms with Crippen LogP contribution < -0.4 is 4.72 Å². The summed E-state index contributed by atoms with van der Waals surface area (Å²) in [6.07, 6.45) is 0. The van der Waals surface area contributed by atoms with E-state index in [-0.39, 0.29) is 10.6 Å². The Kier molecular flexibility index (Phi) is 3.85. The number of nitrogens with zero attached hydrogens (tertiary/aromatic N) is 1. The molecule has 0 atom stereocenters. The fraction of sp³-hybridized carbons (Fsp3) is 0.0526. The van der Waals surface area contributed by atoms with Crippen molar-refractivity contribution in [3.8, 4) is 0 Å². The fourth-order valence-electron chi connectivity index (χ4n) is 2.96. The summed E-state index contributed by atoms with van der Waals surface area (Å²) in [7, 11) is -3.98. The lowest BCUT2D eigenvalue weighted by Gasteiger charge is -2.08. The molecule has 4 aromatic rings. The summed E-state index contributed by atoms with van der Waals surface area (Å²) in [6, 6.07) is 16.3. The highest BCUT2D eigenvalue weighted by molar-refractivity contribution is 7.92. The van der Waals surface area contributed by atoms with E-state index in [4.69, 9.17) is 4.42 Å². The van der Waals surface area contributed by atoms with E-state index in [0.29, 0.717) is 22.4 Å². The molecule has 0 aliphatic heterocycles. The van der Waals surface area contributed by atoms with Crippen molar-refractivity contribution in [2.75, 3.05) is 4.72 Å². The van der Waals surface area contributed by atoms with Crippen LogP contribution in [0.5, 0.6) is 0 Å². The van der Waals surface area contributed by atoms with Crippen LogP contribution in [0.15, 0.2) is 70.0 Å². The summed E-state index contributed by atoms with van der Waals surface area (Å²) >= 11 is 0. The average Bonchev–Trinajstić information content (AvgIpc) is 2.99. The largest absolute Gasteiger partial charge is 0.456 e. The molecule has 1 heterocycles. The first-order valence-corrected chi connectivity index (χ1v) is 9.53. The van der Waals surface area contributed by atoms with Crippen molar-refractivity contribution in [2.45, 2.75) is 11.8 Å². The Hall–Kier alpha value is -3.39. The van der Waals surface area contributed by atoms with Gasteiger partial charge in [0.05, 0.1) is 15.5 Å². The summed E-state index contributed by atoms with van der Waals surface area (Å²) in [6.45, 7) is 1.55. The first kappa shape index (κ1) is 17.0. The molecule has 0 unspecified atom stereocenters. The van der Waals surface area contributed by atoms with Gasteiger partial charge in [-0.25, -0.2) is 8.42 Å². The van der Waals surface area contributed by atoms with Crippen molar-refractivity contribution in [3.05, 3.63) is 76.3 Å². The van der Waals surface area contributed by atoms with Gasteiger partial charge >= 0.3 is 0 Å². The minimum atomic E-state index is -3.98. The number of hydrogen-bond donors (Lipinski definition) is 1. The summed E-state index contributed by atoms with van der Waals surface area (Å²) in [5, 5.41) is 12.9. The maximum absolute atomic E-state index is 12.6. The number of hydrogen-bond acceptors (Lipinski definition) is 5. The molecule has 0 radical (unpaired) electrons. The van der Waals surface area contributed by atoms with Crippen molar-refractivity contribution in [3.63, 3.8) is 0 Å². The molecule has 0 bridgehead atoms. The van der Waals surface area contributed by atoms with Gasteiger partial charge in [-0.05, 0) is 31.2 Å². The standard InChI is InChI=1S/C19H14N2O5S/c1-12-6-8-14(11-17(12)21(22)23)27(24,25)20-13-7-9-16-15-4-2-3-5-18(15)26-19(16)10-13/h2-11,20H,1H3. The Morgan fingerprint density at radius 1 is 0.963 bits per heavy atom. The lowest BCUT2D eigenvalue weighted by atomic mass is 10.1. The fourth-order valence-corrected chi connectivity index (χ4v) is 4.03. The van der Waals surface area contributed by atoms with E-state index in [1.807, 2.05) is 24.3 Å². The van der Waals surface area contributed by atoms with Gasteiger partial charge in [-0.2, -0.15) is 0 Å². The number of fused-ring (bicyclic) bond motifs is 3. The number of nitrogens with one attached hydrogen (secondary N) is 1. The predicted molar refractivity (Wildman–Crippen MR) is 102 cm³/mol. The van der Waals surface area contributed by atoms with Crippen LogP contribution in [0.3, 0.4) is 0 Å². The first-order valence-electron chi connectivity index (χ1n) is 8.04. The molecule has 27 heavy (non-hydrogen) atoms. The molecule has 0 saturated heterocycles. The van der Waals surface area contributed by atoms with Crippen molar-refractivity contribution >= 4 is 43.3 Å². The molecule has 3 aromatic carbocycles. The molecule has 4 rings (SSSR count). The highest BCUT2D eigenvalue weighted by Gasteiger charge is 2.20. The lowest BCUT2D eigenvalue weighted by Crippen LogP contribution is -2.13. The Morgan fingerprint density at radius 3 is 2.48 bits per heavy atom. The predicted octanol–water partition coefficient (Wildman–Crippen LogP) is 4.60. The van der Waals surface area contributed by atoms with Crippen LogP contribution in [0, 0.1) is 17.0 Å². The van der Waals surface area contributed by atoms with Crippen LogP contribution in [0.2, 0.25) is 0 Å². The molecule has 0 amide bonds. The van der Waals surface area contributed by atoms with E-state index in [0.717, 1.165) is 16.8 Å². The number of rotatable bonds is 4. The zero-order chi connectivity index (χ0) is 19.2. The van der Waals surface area contributed by atoms with Gasteiger partial charge in [-0.3, -0.25) is 14.8 Å². The first-order chi connectivity index (χ1) is 12.8. The topological polar surface area (TPSA) is 102 Å². The molecule has 0 saturated carbocycles. The average molecular weight is 382 g/mol. The van der Waals surface area contributed by atoms with Crippen LogP contribution in [0.25, 0.3) is 21.9 Å². The van der Waals surface area contributed by atoms with E-state index in [2.05, 4.69) is 4.72 Å². The zero-order valence-corrected chi connectivity index (χ0v) is 15.0. The van der Waals surface area contributed by atoms with Crippen molar-refractivity contribution in [1.29, 1.82) is 0 Å². The van der Waals surface area contributed by atoms with Crippen molar-refractivity contribution < 1.29 is 17.8 Å². The molecular weight excluding hydrogens is 368 g/mol. The van der Waals surface area contributed by atoms with E-state index >= 15 is 0 Å². The molecule has 1 N–H and O–H groups in total. The van der Waals surface area contributed by atoms with E-state index in [1.54, 1.807) is 25.1 Å². The Morgan fingerprint density at radius 2 is 1.70 bits per heavy atom. The van der Waals surface area contributed by atoms with Crippen LogP contribution in [0.4, 0.5) is 11.4 Å². The molecule has 7 nitrogen and oxygen atoms in total. The Labute approximate surface area is 154 Å². The Bertz CT molecular complexity index is 1310. The van der Waals surface area contributed by atoms with E-state index in [1.165, 1.54) is 12.1 Å². The molecule has 0 spiro atoms. The molecule has 0 fully saturated rings. The third-order valence-corrected chi connectivity index (χ3v) is 5.70. The zero-order valence-electron chi connectivity index (χ0n) is 14.2. The second-order valence-electron chi connectivity index (χ2n) is 6.12. The number of nitro groups is 1. The SMILES string of the molecule is Cc1ccc(S(=O)(=O)Nc2ccc3c(c2)oc2ccccc23)cc1[N+](=O)[O-]. The third kappa shape index (κ3) is 3.00. The number of para-hydroxylation sites is 1. The van der Waals surface area contributed by atoms with Gasteiger partial charge in [0.25, 0.3) is 15.7 Å². The highest BCUT2D eigenvalue weighted by atomic mass is 32.2. The van der Waals surface area contributed by atoms with E-state index in [9.17, 15) is 18.5 Å². The van der Waals surface area contributed by atoms with Crippen LogP contribution >= 0.6 is 0 Å². The summed E-state index contributed by atoms with van der Waals surface area (Å²) in [5.41, 5.74) is 1.71. The quantitative estimate of drug-likeness (QED) is 0.410. The number of anilines is 1. The van der Waals surface area contributed by atoms with Gasteiger partial charge in [-0.15, -0.1) is 0 Å². The molecular formula is C19H14N2O5S. The number of aryl methyl sites for hydroxylation is 1. The Balaban J connectivity index is 1.73. The summed E-state index contributed by atoms with van der Waals surface area (Å²) in [5.74, 6) is 0. The van der Waals surface area contributed by atoms with Crippen molar-refractivity contribution in [2.24, 2.45) is 0 Å². The van der Waals surface area contributed by atoms with Gasteiger partial charge < -0.3 is 4.42 Å². The maximum atomic E-state index is 12.6. The summed E-state index contributed by atoms with van der Waals surface area (Å²) < 4.78 is 33.5. The maximum Gasteiger partial charge on any atom is 0.273 e. The molecule has 1 aromatic heterocycles. The molecule has 136 valence electrons. The monoisotopic (exact) mass is 382 g/mol. The number of nitro benzene ring substituents is 1. The van der Waals surface area contributed by atoms with Gasteiger partial charge in [0.1, 0.15) is 11.2 Å². The second kappa shape index (κ2) is 6.10. The van der Waals surface area contributed by atoms with Gasteiger partial charge in [0, 0.05) is 28.5 Å². The third-order valence-electron chi connectivity index (χ3n) is 4.32. The summed E-state index contributed by atoms with van der Waals surface area (Å²) in [4.78, 5) is 10.3. The van der Waals surface area contributed by atoms with Crippen LogP contribution in [-0.2, 0) is 10.0 Å². The normalized spacial score (nSPS) is 11.7. The van der Waals surface area contributed by atoms with E-state index < -0.39 is 14.9 Å². The number of benzene rings is 3. The molecule has 0 aliphatic carbocycles. The highest BCUT2D eigenvalue weighted by Crippen LogP contribution is 2.31. The number of furan rings is 1. The number of sulfonamides is 1. The minimum Gasteiger partial charge on any atom is -0.456 e.